The first-order valence-corrected chi connectivity index (χ1v) is 19.3. The van der Waals surface area contributed by atoms with Gasteiger partial charge in [0.2, 0.25) is 0 Å². The van der Waals surface area contributed by atoms with Crippen molar-refractivity contribution in [1.82, 2.24) is 29.5 Å². The van der Waals surface area contributed by atoms with Crippen molar-refractivity contribution in [1.29, 1.82) is 0 Å². The van der Waals surface area contributed by atoms with Crippen LogP contribution in [-0.2, 0) is 31.9 Å². The van der Waals surface area contributed by atoms with Gasteiger partial charge < -0.3 is 33.9 Å². The molecule has 4 aliphatic rings. The highest BCUT2D eigenvalue weighted by Crippen LogP contribution is 2.27. The van der Waals surface area contributed by atoms with Crippen LogP contribution in [0.1, 0.15) is 49.3 Å². The second-order valence-electron chi connectivity index (χ2n) is 14.8. The third-order valence-electron chi connectivity index (χ3n) is 11.4. The highest BCUT2D eigenvalue weighted by Gasteiger charge is 2.37. The molecule has 3 fully saturated rings. The van der Waals surface area contributed by atoms with Crippen LogP contribution in [0.15, 0.2) is 45.6 Å². The number of hydrogen-bond acceptors (Lipinski definition) is 10. The molecule has 4 aliphatic heterocycles. The summed E-state index contributed by atoms with van der Waals surface area (Å²) in [4.78, 5) is 77.6. The molecule has 3 saturated heterocycles. The summed E-state index contributed by atoms with van der Waals surface area (Å²) in [6.45, 7) is 10.1. The van der Waals surface area contributed by atoms with E-state index in [9.17, 15) is 24.0 Å². The highest BCUT2D eigenvalue weighted by molar-refractivity contribution is 5.91. The number of nitrogens with zero attached hydrogens (tertiary/aromatic N) is 5. The Morgan fingerprint density at radius 3 is 2.33 bits per heavy atom. The first-order valence-electron chi connectivity index (χ1n) is 19.3. The molecule has 3 aromatic rings. The molecule has 4 amide bonds. The number of benzene rings is 2. The SMILES string of the molecule is CCOC(=O)CN1CCN(C2CCN(C(=O)C(Cc3cc(C)c4[nH]c(=O)oc4c3)OC(=O)N3CCC(N4CCc5ccccc5NC4=O)CC3)CC2)CC1. The lowest BCUT2D eigenvalue weighted by Gasteiger charge is -2.43. The number of hydrogen-bond donors (Lipinski definition) is 2. The number of nitrogens with one attached hydrogen (secondary N) is 2. The Balaban J connectivity index is 0.974. The van der Waals surface area contributed by atoms with E-state index in [-0.39, 0.29) is 30.4 Å². The van der Waals surface area contributed by atoms with E-state index in [4.69, 9.17) is 13.9 Å². The Morgan fingerprint density at radius 1 is 0.889 bits per heavy atom. The minimum Gasteiger partial charge on any atom is -0.465 e. The molecule has 2 N–H and O–H groups in total. The summed E-state index contributed by atoms with van der Waals surface area (Å²) in [5.74, 6) is -0.998. The number of urea groups is 1. The quantitative estimate of drug-likeness (QED) is 0.312. The number of ether oxygens (including phenoxy) is 2. The Morgan fingerprint density at radius 2 is 1.59 bits per heavy atom. The lowest BCUT2D eigenvalue weighted by atomic mass is 9.99. The van der Waals surface area contributed by atoms with Gasteiger partial charge in [-0.25, -0.2) is 14.4 Å². The average Bonchev–Trinajstić information content (AvgIpc) is 3.47. The van der Waals surface area contributed by atoms with Gasteiger partial charge in [-0.05, 0) is 74.8 Å². The number of amides is 4. The summed E-state index contributed by atoms with van der Waals surface area (Å²) in [5, 5.41) is 3.04. The van der Waals surface area contributed by atoms with E-state index in [1.54, 1.807) is 15.9 Å². The van der Waals surface area contributed by atoms with Crippen LogP contribution in [-0.4, -0.2) is 144 Å². The number of esters is 1. The zero-order valence-corrected chi connectivity index (χ0v) is 31.2. The number of aryl methyl sites for hydroxylation is 1. The molecule has 290 valence electrons. The lowest BCUT2D eigenvalue weighted by molar-refractivity contribution is -0.145. The number of oxazole rings is 1. The molecule has 0 saturated carbocycles. The van der Waals surface area contributed by atoms with Crippen LogP contribution < -0.4 is 11.1 Å². The highest BCUT2D eigenvalue weighted by atomic mass is 16.6. The van der Waals surface area contributed by atoms with Crippen LogP contribution in [0.4, 0.5) is 15.3 Å². The number of aromatic amines is 1. The van der Waals surface area contributed by atoms with E-state index in [0.29, 0.717) is 75.9 Å². The molecule has 7 rings (SSSR count). The minimum atomic E-state index is -1.07. The number of rotatable bonds is 9. The van der Waals surface area contributed by atoms with Crippen molar-refractivity contribution in [3.8, 4) is 0 Å². The van der Waals surface area contributed by atoms with Crippen LogP contribution in [0.3, 0.4) is 0 Å². The molecule has 0 aliphatic carbocycles. The summed E-state index contributed by atoms with van der Waals surface area (Å²) in [5.41, 5.74) is 4.43. The van der Waals surface area contributed by atoms with Gasteiger partial charge in [0.25, 0.3) is 5.91 Å². The number of para-hydroxylation sites is 1. The van der Waals surface area contributed by atoms with Gasteiger partial charge in [0.15, 0.2) is 11.7 Å². The molecule has 54 heavy (non-hydrogen) atoms. The van der Waals surface area contributed by atoms with Crippen LogP contribution in [0, 0.1) is 6.92 Å². The summed E-state index contributed by atoms with van der Waals surface area (Å²) < 4.78 is 16.5. The first-order chi connectivity index (χ1) is 26.1. The Kier molecular flexibility index (Phi) is 11.5. The van der Waals surface area contributed by atoms with Crippen molar-refractivity contribution in [2.75, 3.05) is 77.4 Å². The third-order valence-corrected chi connectivity index (χ3v) is 11.4. The number of H-pyrrole nitrogens is 1. The van der Waals surface area contributed by atoms with Crippen LogP contribution >= 0.6 is 0 Å². The van der Waals surface area contributed by atoms with Gasteiger partial charge >= 0.3 is 23.8 Å². The second-order valence-corrected chi connectivity index (χ2v) is 14.8. The van der Waals surface area contributed by atoms with E-state index in [0.717, 1.165) is 67.8 Å². The zero-order valence-electron chi connectivity index (χ0n) is 31.2. The minimum absolute atomic E-state index is 0.0201. The van der Waals surface area contributed by atoms with Gasteiger partial charge in [0, 0.05) is 83.1 Å². The van der Waals surface area contributed by atoms with Crippen molar-refractivity contribution in [3.05, 3.63) is 63.6 Å². The van der Waals surface area contributed by atoms with E-state index in [1.165, 1.54) is 0 Å². The second kappa shape index (κ2) is 16.6. The Hall–Kier alpha value is -4.89. The summed E-state index contributed by atoms with van der Waals surface area (Å²) in [6.07, 6.45) is 2.05. The number of carbonyl (C=O) groups is 4. The Labute approximate surface area is 314 Å². The van der Waals surface area contributed by atoms with Crippen molar-refractivity contribution in [3.63, 3.8) is 0 Å². The van der Waals surface area contributed by atoms with Gasteiger partial charge in [-0.2, -0.15) is 0 Å². The van der Waals surface area contributed by atoms with Crippen LogP contribution in [0.2, 0.25) is 0 Å². The zero-order chi connectivity index (χ0) is 37.8. The standard InChI is InChI=1S/C39H51N7O8/c1-3-52-34(47)25-42-18-20-43(21-19-42)29-9-13-44(14-10-29)36(48)33(24-27-22-26(2)35-32(23-27)53-38(50)41-35)54-39(51)45-15-11-30(12-16-45)46-17-8-28-6-4-5-7-31(28)40-37(46)49/h4-7,22-23,29-30,33H,3,8-21,24-25H2,1-2H3,(H,40,49)(H,41,50). The van der Waals surface area contributed by atoms with Gasteiger partial charge in [-0.1, -0.05) is 24.3 Å². The maximum absolute atomic E-state index is 14.2. The number of likely N-dealkylation sites (tertiary alicyclic amines) is 2. The van der Waals surface area contributed by atoms with Gasteiger partial charge in [-0.15, -0.1) is 0 Å². The van der Waals surface area contributed by atoms with Gasteiger partial charge in [0.1, 0.15) is 0 Å². The molecule has 0 radical (unpaired) electrons. The van der Waals surface area contributed by atoms with Crippen molar-refractivity contribution in [2.45, 2.75) is 70.6 Å². The molecule has 15 nitrogen and oxygen atoms in total. The van der Waals surface area contributed by atoms with E-state index in [1.807, 2.05) is 49.1 Å². The maximum atomic E-state index is 14.2. The first kappa shape index (κ1) is 37.4. The molecule has 5 heterocycles. The molecule has 15 heteroatoms. The predicted octanol–water partition coefficient (Wildman–Crippen LogP) is 3.20. The largest absolute Gasteiger partial charge is 0.465 e. The van der Waals surface area contributed by atoms with Crippen LogP contribution in [0.25, 0.3) is 11.1 Å². The normalized spacial score (nSPS) is 20.0. The number of carbonyl (C=O) groups excluding carboxylic acids is 4. The number of piperidine rings is 2. The van der Waals surface area contributed by atoms with Crippen LogP contribution in [0.5, 0.6) is 0 Å². The summed E-state index contributed by atoms with van der Waals surface area (Å²) in [7, 11) is 0. The molecule has 1 aromatic heterocycles. The molecular weight excluding hydrogens is 694 g/mol. The fourth-order valence-corrected chi connectivity index (χ4v) is 8.43. The van der Waals surface area contributed by atoms with Crippen molar-refractivity contribution in [2.24, 2.45) is 0 Å². The Bertz CT molecular complexity index is 1890. The summed E-state index contributed by atoms with van der Waals surface area (Å²) >= 11 is 0. The molecule has 2 aromatic carbocycles. The number of aromatic nitrogens is 1. The smallest absolute Gasteiger partial charge is 0.417 e. The lowest BCUT2D eigenvalue weighted by Crippen LogP contribution is -2.55. The topological polar surface area (TPSA) is 161 Å². The predicted molar refractivity (Wildman–Crippen MR) is 200 cm³/mol. The average molecular weight is 746 g/mol. The number of fused-ring (bicyclic) bond motifs is 2. The fraction of sp³-hybridized carbons (Fsp3) is 0.564. The molecule has 1 unspecified atom stereocenters. The summed E-state index contributed by atoms with van der Waals surface area (Å²) in [6, 6.07) is 11.6. The van der Waals surface area contributed by atoms with Gasteiger partial charge in [-0.3, -0.25) is 24.4 Å². The maximum Gasteiger partial charge on any atom is 0.417 e. The third kappa shape index (κ3) is 8.57. The molecule has 0 spiro atoms. The molecular formula is C39H51N7O8. The number of anilines is 1. The van der Waals surface area contributed by atoms with E-state index < -0.39 is 18.0 Å². The fourth-order valence-electron chi connectivity index (χ4n) is 8.43. The van der Waals surface area contributed by atoms with E-state index in [2.05, 4.69) is 20.1 Å². The molecule has 0 bridgehead atoms. The van der Waals surface area contributed by atoms with Gasteiger partial charge in [0.05, 0.1) is 18.7 Å². The van der Waals surface area contributed by atoms with E-state index >= 15 is 0 Å². The van der Waals surface area contributed by atoms with Crippen molar-refractivity contribution >= 4 is 40.8 Å². The number of piperazine rings is 1. The van der Waals surface area contributed by atoms with Crippen molar-refractivity contribution < 1.29 is 33.1 Å². The monoisotopic (exact) mass is 745 g/mol. The molecule has 1 atom stereocenters.